The van der Waals surface area contributed by atoms with Crippen LogP contribution in [0, 0.1) is 0 Å². The summed E-state index contributed by atoms with van der Waals surface area (Å²) in [7, 11) is 1.53. The Morgan fingerprint density at radius 3 is 2.64 bits per heavy atom. The van der Waals surface area contributed by atoms with Gasteiger partial charge in [-0.15, -0.1) is 0 Å². The molecule has 6 nitrogen and oxygen atoms in total. The summed E-state index contributed by atoms with van der Waals surface area (Å²) in [6.07, 6.45) is -0.0856. The molecule has 0 rings (SSSR count). The van der Waals surface area contributed by atoms with E-state index in [1.165, 1.54) is 7.11 Å². The van der Waals surface area contributed by atoms with Crippen molar-refractivity contribution < 1.29 is 19.4 Å². The third-order valence-corrected chi connectivity index (χ3v) is 1.45. The summed E-state index contributed by atoms with van der Waals surface area (Å²) in [5, 5.41) is 13.4. The zero-order chi connectivity index (χ0) is 11.0. The highest BCUT2D eigenvalue weighted by Gasteiger charge is 2.09. The second-order valence-corrected chi connectivity index (χ2v) is 2.89. The summed E-state index contributed by atoms with van der Waals surface area (Å²) in [6, 6.07) is -0.758. The lowest BCUT2D eigenvalue weighted by molar-refractivity contribution is -0.137. The second kappa shape index (κ2) is 7.14. The highest BCUT2D eigenvalue weighted by atomic mass is 16.5. The normalized spacial score (nSPS) is 11.9. The average molecular weight is 204 g/mol. The summed E-state index contributed by atoms with van der Waals surface area (Å²) >= 11 is 0. The van der Waals surface area contributed by atoms with Crippen LogP contribution < -0.4 is 10.6 Å². The number of carboxylic acid groups (broad SMARTS) is 1. The standard InChI is InChI=1S/C8H16N2O4/c1-6(5-7(11)12)10-8(13)9-3-4-14-2/h6H,3-5H2,1-2H3,(H,11,12)(H2,9,10,13). The number of carboxylic acids is 1. The van der Waals surface area contributed by atoms with Gasteiger partial charge in [0.25, 0.3) is 0 Å². The number of aliphatic carboxylic acids is 1. The van der Waals surface area contributed by atoms with Crippen molar-refractivity contribution in [3.05, 3.63) is 0 Å². The zero-order valence-electron chi connectivity index (χ0n) is 8.37. The number of hydrogen-bond donors (Lipinski definition) is 3. The fraction of sp³-hybridized carbons (Fsp3) is 0.750. The van der Waals surface area contributed by atoms with E-state index in [1.54, 1.807) is 6.92 Å². The van der Waals surface area contributed by atoms with Crippen molar-refractivity contribution in [1.29, 1.82) is 0 Å². The molecule has 0 aromatic heterocycles. The molecular weight excluding hydrogens is 188 g/mol. The monoisotopic (exact) mass is 204 g/mol. The van der Waals surface area contributed by atoms with Crippen LogP contribution in [0.25, 0.3) is 0 Å². The van der Waals surface area contributed by atoms with E-state index in [9.17, 15) is 9.59 Å². The number of ether oxygens (including phenoxy) is 1. The van der Waals surface area contributed by atoms with Gasteiger partial charge in [0.1, 0.15) is 0 Å². The lowest BCUT2D eigenvalue weighted by atomic mass is 10.2. The van der Waals surface area contributed by atoms with Crippen molar-refractivity contribution in [2.45, 2.75) is 19.4 Å². The van der Waals surface area contributed by atoms with Gasteiger partial charge in [-0.3, -0.25) is 4.79 Å². The molecule has 0 aromatic carbocycles. The largest absolute Gasteiger partial charge is 0.481 e. The van der Waals surface area contributed by atoms with Crippen molar-refractivity contribution in [3.8, 4) is 0 Å². The van der Waals surface area contributed by atoms with Gasteiger partial charge in [-0.1, -0.05) is 0 Å². The number of carbonyl (C=O) groups excluding carboxylic acids is 1. The van der Waals surface area contributed by atoms with E-state index in [-0.39, 0.29) is 18.5 Å². The van der Waals surface area contributed by atoms with Crippen molar-refractivity contribution in [2.75, 3.05) is 20.3 Å². The maximum Gasteiger partial charge on any atom is 0.315 e. The molecule has 6 heteroatoms. The molecular formula is C8H16N2O4. The van der Waals surface area contributed by atoms with Crippen molar-refractivity contribution in [2.24, 2.45) is 0 Å². The quantitative estimate of drug-likeness (QED) is 0.523. The van der Waals surface area contributed by atoms with Crippen molar-refractivity contribution in [3.63, 3.8) is 0 Å². The van der Waals surface area contributed by atoms with Gasteiger partial charge in [0, 0.05) is 19.7 Å². The molecule has 0 bridgehead atoms. The summed E-state index contributed by atoms with van der Waals surface area (Å²) < 4.78 is 4.73. The Kier molecular flexibility index (Phi) is 6.47. The molecule has 14 heavy (non-hydrogen) atoms. The van der Waals surface area contributed by atoms with Crippen LogP contribution in [0.4, 0.5) is 4.79 Å². The molecule has 0 heterocycles. The third-order valence-electron chi connectivity index (χ3n) is 1.45. The second-order valence-electron chi connectivity index (χ2n) is 2.89. The van der Waals surface area contributed by atoms with Gasteiger partial charge in [0.15, 0.2) is 0 Å². The molecule has 0 spiro atoms. The maximum absolute atomic E-state index is 11.0. The van der Waals surface area contributed by atoms with Crippen LogP contribution in [0.1, 0.15) is 13.3 Å². The molecule has 0 fully saturated rings. The molecule has 0 saturated carbocycles. The van der Waals surface area contributed by atoms with E-state index in [1.807, 2.05) is 0 Å². The first-order valence-electron chi connectivity index (χ1n) is 4.31. The number of urea groups is 1. The lowest BCUT2D eigenvalue weighted by Gasteiger charge is -2.12. The van der Waals surface area contributed by atoms with E-state index in [0.29, 0.717) is 13.2 Å². The number of methoxy groups -OCH3 is 1. The Hall–Kier alpha value is -1.30. The maximum atomic E-state index is 11.0. The van der Waals surface area contributed by atoms with Gasteiger partial charge >= 0.3 is 12.0 Å². The Morgan fingerprint density at radius 1 is 1.50 bits per heavy atom. The molecule has 0 aliphatic heterocycles. The number of hydrogen-bond acceptors (Lipinski definition) is 3. The minimum absolute atomic E-state index is 0.0856. The van der Waals surface area contributed by atoms with Crippen LogP contribution in [0.2, 0.25) is 0 Å². The third kappa shape index (κ3) is 7.35. The molecule has 2 amide bonds. The smallest absolute Gasteiger partial charge is 0.315 e. The SMILES string of the molecule is COCCNC(=O)NC(C)CC(=O)O. The summed E-state index contributed by atoms with van der Waals surface area (Å²) in [6.45, 7) is 2.47. The molecule has 0 aliphatic rings. The van der Waals surface area contributed by atoms with Crippen LogP contribution in [-0.4, -0.2) is 43.4 Å². The summed E-state index contributed by atoms with van der Waals surface area (Å²) in [5.74, 6) is -0.935. The number of rotatable bonds is 6. The molecule has 0 radical (unpaired) electrons. The Labute approximate surface area is 82.6 Å². The van der Waals surface area contributed by atoms with Gasteiger partial charge in [-0.25, -0.2) is 4.79 Å². The molecule has 1 unspecified atom stereocenters. The minimum atomic E-state index is -0.935. The van der Waals surface area contributed by atoms with E-state index in [0.717, 1.165) is 0 Å². The first-order chi connectivity index (χ1) is 6.56. The average Bonchev–Trinajstić information content (AvgIpc) is 2.02. The van der Waals surface area contributed by atoms with Crippen LogP contribution in [0.5, 0.6) is 0 Å². The van der Waals surface area contributed by atoms with Gasteiger partial charge < -0.3 is 20.5 Å². The van der Waals surface area contributed by atoms with E-state index >= 15 is 0 Å². The highest BCUT2D eigenvalue weighted by Crippen LogP contribution is 1.89. The fourth-order valence-corrected chi connectivity index (χ4v) is 0.854. The topological polar surface area (TPSA) is 87.7 Å². The van der Waals surface area contributed by atoms with Crippen molar-refractivity contribution >= 4 is 12.0 Å². The summed E-state index contributed by atoms with van der Waals surface area (Å²) in [4.78, 5) is 21.3. The predicted octanol–water partition coefficient (Wildman–Crippen LogP) is -0.205. The van der Waals surface area contributed by atoms with Gasteiger partial charge in [-0.05, 0) is 6.92 Å². The van der Waals surface area contributed by atoms with Crippen LogP contribution >= 0.6 is 0 Å². The fourth-order valence-electron chi connectivity index (χ4n) is 0.854. The molecule has 0 aliphatic carbocycles. The van der Waals surface area contributed by atoms with Gasteiger partial charge in [0.2, 0.25) is 0 Å². The lowest BCUT2D eigenvalue weighted by Crippen LogP contribution is -2.42. The molecule has 3 N–H and O–H groups in total. The Morgan fingerprint density at radius 2 is 2.14 bits per heavy atom. The van der Waals surface area contributed by atoms with Crippen LogP contribution in [0.15, 0.2) is 0 Å². The number of carbonyl (C=O) groups is 2. The number of amides is 2. The van der Waals surface area contributed by atoms with Crippen LogP contribution in [0.3, 0.4) is 0 Å². The number of nitrogens with one attached hydrogen (secondary N) is 2. The molecule has 0 aromatic rings. The predicted molar refractivity (Wildman–Crippen MR) is 50.1 cm³/mol. The Bertz CT molecular complexity index is 196. The van der Waals surface area contributed by atoms with Gasteiger partial charge in [0.05, 0.1) is 13.0 Å². The zero-order valence-corrected chi connectivity index (χ0v) is 8.37. The first-order valence-corrected chi connectivity index (χ1v) is 4.31. The van der Waals surface area contributed by atoms with Crippen molar-refractivity contribution in [1.82, 2.24) is 10.6 Å². The molecule has 1 atom stereocenters. The van der Waals surface area contributed by atoms with Crippen LogP contribution in [-0.2, 0) is 9.53 Å². The summed E-state index contributed by atoms with van der Waals surface area (Å²) in [5.41, 5.74) is 0. The van der Waals surface area contributed by atoms with E-state index in [4.69, 9.17) is 9.84 Å². The molecule has 82 valence electrons. The first kappa shape index (κ1) is 12.7. The van der Waals surface area contributed by atoms with E-state index in [2.05, 4.69) is 10.6 Å². The highest BCUT2D eigenvalue weighted by molar-refractivity contribution is 5.75. The van der Waals surface area contributed by atoms with E-state index < -0.39 is 5.97 Å². The minimum Gasteiger partial charge on any atom is -0.481 e. The Balaban J connectivity index is 3.55. The van der Waals surface area contributed by atoms with Gasteiger partial charge in [-0.2, -0.15) is 0 Å². The molecule has 0 saturated heterocycles.